The molecule has 1 amide bonds. The summed E-state index contributed by atoms with van der Waals surface area (Å²) in [5.41, 5.74) is 2.63. The molecule has 0 heterocycles. The maximum absolute atomic E-state index is 13.6. The second kappa shape index (κ2) is 50.7. The van der Waals surface area contributed by atoms with Gasteiger partial charge in [0.05, 0.1) is 32.6 Å². The molecule has 0 saturated heterocycles. The number of aliphatic hydroxyl groups excluding tert-OH is 5. The maximum Gasteiger partial charge on any atom is 0.271 e. The maximum atomic E-state index is 13.6. The fraction of sp³-hybridized carbons (Fsp3) is 0.869. The summed E-state index contributed by atoms with van der Waals surface area (Å²) in [5.74, 6) is 0.805. The van der Waals surface area contributed by atoms with Gasteiger partial charge in [0.15, 0.2) is 11.5 Å². The average Bonchev–Trinajstić information content (AvgIpc) is 3.39. The van der Waals surface area contributed by atoms with E-state index in [-0.39, 0.29) is 5.56 Å². The normalized spacial score (nSPS) is 13.4. The third-order valence-corrected chi connectivity index (χ3v) is 14.2. The van der Waals surface area contributed by atoms with Crippen LogP contribution in [0.5, 0.6) is 17.2 Å². The van der Waals surface area contributed by atoms with Crippen molar-refractivity contribution in [3.05, 3.63) is 17.7 Å². The van der Waals surface area contributed by atoms with Crippen molar-refractivity contribution in [3.8, 4) is 17.2 Å². The summed E-state index contributed by atoms with van der Waals surface area (Å²) in [4.78, 5) is 13.6. The molecule has 72 heavy (non-hydrogen) atoms. The quantitative estimate of drug-likeness (QED) is 0.0211. The number of amides is 1. The molecule has 4 atom stereocenters. The van der Waals surface area contributed by atoms with Gasteiger partial charge in [0.1, 0.15) is 24.4 Å². The van der Waals surface area contributed by atoms with E-state index in [2.05, 4.69) is 31.3 Å². The van der Waals surface area contributed by atoms with Crippen LogP contribution in [0.25, 0.3) is 0 Å². The fourth-order valence-corrected chi connectivity index (χ4v) is 9.36. The number of hydrogen-bond donors (Lipinski definition) is 6. The van der Waals surface area contributed by atoms with E-state index >= 15 is 0 Å². The average molecular weight is 1020 g/mol. The van der Waals surface area contributed by atoms with E-state index < -0.39 is 36.9 Å². The standard InChI is InChI=1S/C61H114N2O9/c1-4-7-10-13-16-19-22-25-28-31-34-37-40-43-46-70-56-49-53(61(69)63-62-51-54(65)58(67)59(68)55(66)52-64)50-57(71-47-44-41-38-35-32-29-26-23-20-17-14-11-8-5-2)60(56)72-48-45-42-39-36-33-30-27-24-21-18-15-12-9-6-3/h49-51,54-55,58-59,64-68H,4-48,52H2,1-3H3,(H,63,69)/b62-51+/t54-,55+,58+,59+/m0/s1. The summed E-state index contributed by atoms with van der Waals surface area (Å²) in [6, 6.07) is 3.31. The number of rotatable bonds is 55. The summed E-state index contributed by atoms with van der Waals surface area (Å²) in [6.45, 7) is 7.47. The van der Waals surface area contributed by atoms with Crippen LogP contribution in [-0.2, 0) is 0 Å². The lowest BCUT2D eigenvalue weighted by atomic mass is 10.0. The van der Waals surface area contributed by atoms with E-state index in [0.717, 1.165) is 57.6 Å². The summed E-state index contributed by atoms with van der Waals surface area (Å²) in [7, 11) is 0. The number of carbonyl (C=O) groups is 1. The summed E-state index contributed by atoms with van der Waals surface area (Å²) in [5, 5.41) is 53.2. The SMILES string of the molecule is CCCCCCCCCCCCCCCCOc1cc(C(=O)N/N=C/[C@H](O)[C@@H](O)[C@H](O)[C@H](O)CO)cc(OCCCCCCCCCCCCCCCC)c1OCCCCCCCCCCCCCCCC. The van der Waals surface area contributed by atoms with Gasteiger partial charge in [-0.1, -0.05) is 271 Å². The van der Waals surface area contributed by atoms with Crippen LogP contribution >= 0.6 is 0 Å². The number of nitrogens with zero attached hydrogens (tertiary/aromatic N) is 1. The highest BCUT2D eigenvalue weighted by molar-refractivity contribution is 5.95. The minimum absolute atomic E-state index is 0.230. The summed E-state index contributed by atoms with van der Waals surface area (Å²) in [6.07, 6.45) is 47.2. The van der Waals surface area contributed by atoms with Crippen LogP contribution in [0.15, 0.2) is 17.2 Å². The molecule has 0 radical (unpaired) electrons. The number of ether oxygens (including phenoxy) is 3. The molecule has 1 aromatic rings. The van der Waals surface area contributed by atoms with Crippen LogP contribution < -0.4 is 19.6 Å². The molecule has 11 nitrogen and oxygen atoms in total. The zero-order chi connectivity index (χ0) is 52.4. The van der Waals surface area contributed by atoms with Crippen molar-refractivity contribution in [1.82, 2.24) is 5.43 Å². The molecule has 11 heteroatoms. The Balaban J connectivity index is 2.94. The molecular weight excluding hydrogens is 905 g/mol. The van der Waals surface area contributed by atoms with Crippen LogP contribution in [0, 0.1) is 0 Å². The van der Waals surface area contributed by atoms with Crippen molar-refractivity contribution in [2.75, 3.05) is 26.4 Å². The fourth-order valence-electron chi connectivity index (χ4n) is 9.36. The number of carbonyl (C=O) groups excluding carboxylic acids is 1. The highest BCUT2D eigenvalue weighted by Gasteiger charge is 2.29. The van der Waals surface area contributed by atoms with Crippen molar-refractivity contribution in [2.24, 2.45) is 5.10 Å². The first kappa shape index (κ1) is 67.6. The van der Waals surface area contributed by atoms with Crippen molar-refractivity contribution in [1.29, 1.82) is 0 Å². The van der Waals surface area contributed by atoms with E-state index in [1.54, 1.807) is 12.1 Å². The van der Waals surface area contributed by atoms with Gasteiger partial charge in [0, 0.05) is 5.56 Å². The molecule has 0 unspecified atom stereocenters. The molecule has 0 saturated carbocycles. The Kier molecular flexibility index (Phi) is 47.6. The monoisotopic (exact) mass is 1020 g/mol. The van der Waals surface area contributed by atoms with Crippen LogP contribution in [-0.4, -0.2) is 88.5 Å². The van der Waals surface area contributed by atoms with Gasteiger partial charge in [-0.05, 0) is 31.4 Å². The van der Waals surface area contributed by atoms with Crippen LogP contribution in [0.4, 0.5) is 0 Å². The van der Waals surface area contributed by atoms with Gasteiger partial charge in [-0.3, -0.25) is 4.79 Å². The highest BCUT2D eigenvalue weighted by Crippen LogP contribution is 2.40. The van der Waals surface area contributed by atoms with E-state index in [1.807, 2.05) is 0 Å². The molecule has 0 aliphatic rings. The molecule has 1 aromatic carbocycles. The first-order chi connectivity index (χ1) is 35.3. The molecular formula is C61H114N2O9. The van der Waals surface area contributed by atoms with Crippen molar-refractivity contribution in [2.45, 2.75) is 315 Å². The molecule has 0 bridgehead atoms. The van der Waals surface area contributed by atoms with Gasteiger partial charge < -0.3 is 39.7 Å². The largest absolute Gasteiger partial charge is 0.490 e. The number of hydrazone groups is 1. The lowest BCUT2D eigenvalue weighted by molar-refractivity contribution is -0.0999. The molecule has 0 aliphatic heterocycles. The van der Waals surface area contributed by atoms with Crippen LogP contribution in [0.1, 0.15) is 301 Å². The predicted octanol–water partition coefficient (Wildman–Crippen LogP) is 15.4. The number of hydrogen-bond acceptors (Lipinski definition) is 10. The zero-order valence-electron chi connectivity index (χ0n) is 46.9. The van der Waals surface area contributed by atoms with E-state index in [1.165, 1.54) is 218 Å². The van der Waals surface area contributed by atoms with Gasteiger partial charge >= 0.3 is 0 Å². The van der Waals surface area contributed by atoms with Gasteiger partial charge in [-0.25, -0.2) is 5.43 Å². The first-order valence-electron chi connectivity index (χ1n) is 30.5. The van der Waals surface area contributed by atoms with Crippen molar-refractivity contribution < 1.29 is 44.5 Å². The first-order valence-corrected chi connectivity index (χ1v) is 30.5. The Morgan fingerprint density at radius 1 is 0.444 bits per heavy atom. The van der Waals surface area contributed by atoms with Gasteiger partial charge in [0.2, 0.25) is 5.75 Å². The second-order valence-electron chi connectivity index (χ2n) is 21.1. The van der Waals surface area contributed by atoms with Gasteiger partial charge in [-0.15, -0.1) is 0 Å². The minimum Gasteiger partial charge on any atom is -0.490 e. The Labute approximate surface area is 441 Å². The topological polar surface area (TPSA) is 170 Å². The Bertz CT molecular complexity index is 1310. The minimum atomic E-state index is -1.84. The molecule has 6 N–H and O–H groups in total. The predicted molar refractivity (Wildman–Crippen MR) is 301 cm³/mol. The second-order valence-corrected chi connectivity index (χ2v) is 21.1. The van der Waals surface area contributed by atoms with Crippen LogP contribution in [0.3, 0.4) is 0 Å². The van der Waals surface area contributed by atoms with E-state index in [9.17, 15) is 25.2 Å². The zero-order valence-corrected chi connectivity index (χ0v) is 46.9. The molecule has 0 spiro atoms. The summed E-state index contributed by atoms with van der Waals surface area (Å²) < 4.78 is 19.4. The third-order valence-electron chi connectivity index (χ3n) is 14.2. The van der Waals surface area contributed by atoms with Gasteiger partial charge in [0.25, 0.3) is 5.91 Å². The molecule has 0 fully saturated rings. The Morgan fingerprint density at radius 2 is 0.722 bits per heavy atom. The Morgan fingerprint density at radius 3 is 1.01 bits per heavy atom. The number of aliphatic hydroxyl groups is 5. The molecule has 0 aromatic heterocycles. The van der Waals surface area contributed by atoms with Crippen molar-refractivity contribution in [3.63, 3.8) is 0 Å². The van der Waals surface area contributed by atoms with Gasteiger partial charge in [-0.2, -0.15) is 5.10 Å². The molecule has 1 rings (SSSR count). The lowest BCUT2D eigenvalue weighted by Gasteiger charge is -2.23. The van der Waals surface area contributed by atoms with Crippen LogP contribution in [0.2, 0.25) is 0 Å². The summed E-state index contributed by atoms with van der Waals surface area (Å²) >= 11 is 0. The van der Waals surface area contributed by atoms with E-state index in [0.29, 0.717) is 37.1 Å². The number of unbranched alkanes of at least 4 members (excludes halogenated alkanes) is 39. The van der Waals surface area contributed by atoms with E-state index in [4.69, 9.17) is 19.3 Å². The highest BCUT2D eigenvalue weighted by atomic mass is 16.5. The smallest absolute Gasteiger partial charge is 0.271 e. The third kappa shape index (κ3) is 38.2. The van der Waals surface area contributed by atoms with Crippen molar-refractivity contribution >= 4 is 12.1 Å². The molecule has 422 valence electrons. The lowest BCUT2D eigenvalue weighted by Crippen LogP contribution is -2.46. The number of nitrogens with one attached hydrogen (secondary N) is 1. The number of benzene rings is 1. The Hall–Kier alpha value is -2.44. The molecule has 0 aliphatic carbocycles.